The number of para-hydroxylation sites is 1. The van der Waals surface area contributed by atoms with Crippen molar-refractivity contribution in [2.24, 2.45) is 0 Å². The second kappa shape index (κ2) is 7.57. The fourth-order valence-electron chi connectivity index (χ4n) is 3.37. The van der Waals surface area contributed by atoms with Crippen LogP contribution in [-0.4, -0.2) is 59.7 Å². The first-order valence-corrected chi connectivity index (χ1v) is 8.89. The van der Waals surface area contributed by atoms with Crippen molar-refractivity contribution < 1.29 is 33.6 Å². The van der Waals surface area contributed by atoms with Gasteiger partial charge in [0.05, 0.1) is 13.2 Å². The predicted molar refractivity (Wildman–Crippen MR) is 95.0 cm³/mol. The van der Waals surface area contributed by atoms with Crippen LogP contribution in [0.25, 0.3) is 0 Å². The second-order valence-electron chi connectivity index (χ2n) is 6.67. The summed E-state index contributed by atoms with van der Waals surface area (Å²) in [7, 11) is 0. The van der Waals surface area contributed by atoms with Gasteiger partial charge in [-0.05, 0) is 30.7 Å². The number of fused-ring (bicyclic) bond motifs is 1. The van der Waals surface area contributed by atoms with E-state index in [0.717, 1.165) is 0 Å². The third kappa shape index (κ3) is 3.44. The van der Waals surface area contributed by atoms with Gasteiger partial charge in [0, 0.05) is 6.20 Å². The Bertz CT molecular complexity index is 826. The highest BCUT2D eigenvalue weighted by atomic mass is 16.7. The molecule has 0 spiro atoms. The molecule has 8 nitrogen and oxygen atoms in total. The number of hydrogen-bond acceptors (Lipinski definition) is 8. The van der Waals surface area contributed by atoms with Crippen molar-refractivity contribution >= 4 is 11.9 Å². The molecule has 0 radical (unpaired) electrons. The van der Waals surface area contributed by atoms with Crippen molar-refractivity contribution in [1.29, 1.82) is 0 Å². The van der Waals surface area contributed by atoms with Gasteiger partial charge in [0.1, 0.15) is 23.5 Å². The number of aryl methyl sites for hydroxylation is 1. The number of esters is 2. The minimum Gasteiger partial charge on any atom is -0.507 e. The molecule has 146 valence electrons. The molecule has 1 aromatic heterocycles. The van der Waals surface area contributed by atoms with E-state index >= 15 is 0 Å². The highest BCUT2D eigenvalue weighted by Gasteiger charge is 2.51. The largest absolute Gasteiger partial charge is 0.507 e. The number of pyridine rings is 1. The molecule has 2 aliphatic heterocycles. The zero-order valence-electron chi connectivity index (χ0n) is 15.1. The van der Waals surface area contributed by atoms with Crippen LogP contribution in [0.2, 0.25) is 0 Å². The van der Waals surface area contributed by atoms with Crippen molar-refractivity contribution in [3.63, 3.8) is 0 Å². The van der Waals surface area contributed by atoms with Crippen molar-refractivity contribution in [2.45, 2.75) is 31.3 Å². The maximum Gasteiger partial charge on any atom is 0.357 e. The third-order valence-electron chi connectivity index (χ3n) is 4.81. The van der Waals surface area contributed by atoms with E-state index in [0.29, 0.717) is 5.56 Å². The van der Waals surface area contributed by atoms with Crippen LogP contribution in [0.15, 0.2) is 42.6 Å². The van der Waals surface area contributed by atoms with Gasteiger partial charge in [-0.3, -0.25) is 0 Å². The average Bonchev–Trinajstić information content (AvgIpc) is 3.26. The fourth-order valence-corrected chi connectivity index (χ4v) is 3.37. The molecule has 1 aromatic carbocycles. The lowest BCUT2D eigenvalue weighted by Gasteiger charge is -2.17. The molecule has 0 saturated carbocycles. The molecule has 2 aliphatic rings. The summed E-state index contributed by atoms with van der Waals surface area (Å²) in [5.74, 6) is -1.38. The van der Waals surface area contributed by atoms with Gasteiger partial charge >= 0.3 is 11.9 Å². The lowest BCUT2D eigenvalue weighted by molar-refractivity contribution is -0.0290. The number of ether oxygens (including phenoxy) is 4. The molecule has 28 heavy (non-hydrogen) atoms. The SMILES string of the molecule is Cc1cccnc1C(=O)O[C@@H]1CO[C@H]2[C@@H]1OC[C@@H]2OC(=O)c1ccccc1O. The molecule has 8 heteroatoms. The Morgan fingerprint density at radius 3 is 2.29 bits per heavy atom. The van der Waals surface area contributed by atoms with E-state index in [1.807, 2.05) is 0 Å². The van der Waals surface area contributed by atoms with Crippen LogP contribution in [-0.2, 0) is 18.9 Å². The Labute approximate surface area is 161 Å². The summed E-state index contributed by atoms with van der Waals surface area (Å²) >= 11 is 0. The Kier molecular flexibility index (Phi) is 4.97. The smallest absolute Gasteiger partial charge is 0.357 e. The predicted octanol–water partition coefficient (Wildman–Crippen LogP) is 1.64. The van der Waals surface area contributed by atoms with Gasteiger partial charge < -0.3 is 24.1 Å². The molecule has 2 aromatic rings. The monoisotopic (exact) mass is 385 g/mol. The number of aromatic nitrogens is 1. The van der Waals surface area contributed by atoms with Crippen LogP contribution in [0.3, 0.4) is 0 Å². The topological polar surface area (TPSA) is 104 Å². The van der Waals surface area contributed by atoms with Crippen molar-refractivity contribution in [3.05, 3.63) is 59.4 Å². The molecule has 3 heterocycles. The zero-order chi connectivity index (χ0) is 19.7. The first-order valence-electron chi connectivity index (χ1n) is 8.89. The molecular formula is C20H19NO7. The number of phenolic OH excluding ortho intramolecular Hbond substituents is 1. The Balaban J connectivity index is 1.39. The lowest BCUT2D eigenvalue weighted by atomic mass is 10.1. The molecule has 0 aliphatic carbocycles. The fraction of sp³-hybridized carbons (Fsp3) is 0.350. The molecule has 0 bridgehead atoms. The molecular weight excluding hydrogens is 366 g/mol. The maximum absolute atomic E-state index is 12.4. The summed E-state index contributed by atoms with van der Waals surface area (Å²) in [6.07, 6.45) is -0.823. The summed E-state index contributed by atoms with van der Waals surface area (Å²) in [4.78, 5) is 28.7. The van der Waals surface area contributed by atoms with Crippen molar-refractivity contribution in [2.75, 3.05) is 13.2 Å². The minimum atomic E-state index is -0.666. The van der Waals surface area contributed by atoms with Crippen LogP contribution < -0.4 is 0 Å². The molecule has 4 atom stereocenters. The van der Waals surface area contributed by atoms with E-state index in [4.69, 9.17) is 18.9 Å². The Morgan fingerprint density at radius 1 is 1.00 bits per heavy atom. The summed E-state index contributed by atoms with van der Waals surface area (Å²) in [5, 5.41) is 9.79. The Hall–Kier alpha value is -2.97. The first-order chi connectivity index (χ1) is 13.5. The lowest BCUT2D eigenvalue weighted by Crippen LogP contribution is -2.36. The standard InChI is InChI=1S/C20H19NO7/c1-11-5-4-8-21-16(11)20(24)28-15-10-26-17-14(9-25-18(15)17)27-19(23)12-6-2-3-7-13(12)22/h2-8,14-15,17-18,22H,9-10H2,1H3/t14-,15+,17+,18+/m0/s1. The molecule has 2 saturated heterocycles. The van der Waals surface area contributed by atoms with Crippen molar-refractivity contribution in [1.82, 2.24) is 4.98 Å². The normalized spacial score (nSPS) is 25.9. The summed E-state index contributed by atoms with van der Waals surface area (Å²) < 4.78 is 22.3. The molecule has 1 N–H and O–H groups in total. The van der Waals surface area contributed by atoms with Gasteiger partial charge in [-0.2, -0.15) is 0 Å². The van der Waals surface area contributed by atoms with E-state index in [-0.39, 0.29) is 30.2 Å². The van der Waals surface area contributed by atoms with Gasteiger partial charge in [-0.15, -0.1) is 0 Å². The highest BCUT2D eigenvalue weighted by Crippen LogP contribution is 2.32. The van der Waals surface area contributed by atoms with E-state index in [9.17, 15) is 14.7 Å². The quantitative estimate of drug-likeness (QED) is 0.792. The van der Waals surface area contributed by atoms with Gasteiger partial charge in [-0.25, -0.2) is 14.6 Å². The minimum absolute atomic E-state index is 0.0672. The first kappa shape index (κ1) is 18.4. The number of phenols is 1. The van der Waals surface area contributed by atoms with Gasteiger partial charge in [0.25, 0.3) is 0 Å². The number of carbonyl (C=O) groups is 2. The van der Waals surface area contributed by atoms with Crippen LogP contribution in [0, 0.1) is 6.92 Å². The number of aromatic hydroxyl groups is 1. The van der Waals surface area contributed by atoms with Gasteiger partial charge in [0.15, 0.2) is 17.9 Å². The number of hydrogen-bond donors (Lipinski definition) is 1. The maximum atomic E-state index is 12.4. The van der Waals surface area contributed by atoms with E-state index < -0.39 is 36.4 Å². The number of carbonyl (C=O) groups excluding carboxylic acids is 2. The van der Waals surface area contributed by atoms with Crippen LogP contribution in [0.1, 0.15) is 26.4 Å². The van der Waals surface area contributed by atoms with Crippen LogP contribution in [0.5, 0.6) is 5.75 Å². The number of nitrogens with zero attached hydrogens (tertiary/aromatic N) is 1. The molecule has 2 fully saturated rings. The van der Waals surface area contributed by atoms with Gasteiger partial charge in [0.2, 0.25) is 0 Å². The van der Waals surface area contributed by atoms with E-state index in [1.54, 1.807) is 31.2 Å². The van der Waals surface area contributed by atoms with Gasteiger partial charge in [-0.1, -0.05) is 18.2 Å². The summed E-state index contributed by atoms with van der Waals surface area (Å²) in [5.41, 5.74) is 1.02. The molecule has 0 amide bonds. The van der Waals surface area contributed by atoms with Crippen LogP contribution >= 0.6 is 0 Å². The average molecular weight is 385 g/mol. The summed E-state index contributed by atoms with van der Waals surface area (Å²) in [6, 6.07) is 9.64. The van der Waals surface area contributed by atoms with E-state index in [1.165, 1.54) is 18.3 Å². The van der Waals surface area contributed by atoms with Crippen molar-refractivity contribution in [3.8, 4) is 5.75 Å². The molecule has 4 rings (SSSR count). The zero-order valence-corrected chi connectivity index (χ0v) is 15.1. The van der Waals surface area contributed by atoms with E-state index in [2.05, 4.69) is 4.98 Å². The third-order valence-corrected chi connectivity index (χ3v) is 4.81. The second-order valence-corrected chi connectivity index (χ2v) is 6.67. The Morgan fingerprint density at radius 2 is 1.64 bits per heavy atom. The van der Waals surface area contributed by atoms with Crippen LogP contribution in [0.4, 0.5) is 0 Å². The number of benzene rings is 1. The highest BCUT2D eigenvalue weighted by molar-refractivity contribution is 5.92. The summed E-state index contributed by atoms with van der Waals surface area (Å²) in [6.45, 7) is 2.03. The molecule has 0 unspecified atom stereocenters. The number of rotatable bonds is 4.